The highest BCUT2D eigenvalue weighted by atomic mass is 35.5. The van der Waals surface area contributed by atoms with E-state index >= 15 is 0 Å². The molecule has 0 unspecified atom stereocenters. The predicted octanol–water partition coefficient (Wildman–Crippen LogP) is 1.69. The van der Waals surface area contributed by atoms with Crippen LogP contribution in [0.3, 0.4) is 0 Å². The van der Waals surface area contributed by atoms with Gasteiger partial charge in [0.05, 0.1) is 24.8 Å². The summed E-state index contributed by atoms with van der Waals surface area (Å²) in [6, 6.07) is 7.81. The molecule has 0 radical (unpaired) electrons. The molecular weight excluding hydrogens is 377 g/mol. The first kappa shape index (κ1) is 22.8. The largest absolute Gasteiger partial charge is 0.497 e. The molecule has 1 amide bonds. The Balaban J connectivity index is 0.00000169. The van der Waals surface area contributed by atoms with Gasteiger partial charge in [-0.25, -0.2) is 0 Å². The van der Waals surface area contributed by atoms with Crippen molar-refractivity contribution < 1.29 is 14.6 Å². The van der Waals surface area contributed by atoms with Crippen molar-refractivity contribution in [3.8, 4) is 5.75 Å². The summed E-state index contributed by atoms with van der Waals surface area (Å²) in [4.78, 5) is 16.9. The molecule has 0 aliphatic carbocycles. The average Bonchev–Trinajstić information content (AvgIpc) is 3.00. The maximum atomic E-state index is 12.7. The Morgan fingerprint density at radius 2 is 1.88 bits per heavy atom. The van der Waals surface area contributed by atoms with Gasteiger partial charge in [0.2, 0.25) is 5.91 Å². The topological polar surface area (TPSA) is 65.0 Å². The van der Waals surface area contributed by atoms with Crippen LogP contribution in [-0.4, -0.2) is 66.9 Å². The Morgan fingerprint density at radius 3 is 2.38 bits per heavy atom. The lowest BCUT2D eigenvalue weighted by atomic mass is 9.97. The summed E-state index contributed by atoms with van der Waals surface area (Å²) in [5.74, 6) is 0.949. The van der Waals surface area contributed by atoms with Gasteiger partial charge in [-0.05, 0) is 44.5 Å². The maximum Gasteiger partial charge on any atom is 0.239 e. The Bertz CT molecular complexity index is 598. The summed E-state index contributed by atoms with van der Waals surface area (Å²) in [6.07, 6.45) is 0.102. The van der Waals surface area contributed by atoms with Crippen LogP contribution in [0.25, 0.3) is 0 Å². The molecule has 2 N–H and O–H groups in total. The molecule has 148 valence electrons. The van der Waals surface area contributed by atoms with Crippen LogP contribution in [0.5, 0.6) is 5.75 Å². The number of carbonyl (C=O) groups excluding carboxylic acids is 1. The van der Waals surface area contributed by atoms with Crippen molar-refractivity contribution in [2.24, 2.45) is 0 Å². The minimum Gasteiger partial charge on any atom is -0.497 e. The molecule has 8 heteroatoms. The van der Waals surface area contributed by atoms with Crippen molar-refractivity contribution >= 4 is 36.4 Å². The molecule has 6 nitrogen and oxygen atoms in total. The minimum atomic E-state index is -0.410. The first-order valence-corrected chi connectivity index (χ1v) is 8.52. The van der Waals surface area contributed by atoms with E-state index in [0.29, 0.717) is 26.1 Å². The number of rotatable bonds is 3. The summed E-state index contributed by atoms with van der Waals surface area (Å²) < 4.78 is 5.22. The highest BCUT2D eigenvalue weighted by Crippen LogP contribution is 2.30. The summed E-state index contributed by atoms with van der Waals surface area (Å²) >= 11 is 0. The van der Waals surface area contributed by atoms with E-state index in [9.17, 15) is 9.90 Å². The van der Waals surface area contributed by atoms with E-state index < -0.39 is 6.10 Å². The number of amides is 1. The second-order valence-electron chi connectivity index (χ2n) is 7.27. The van der Waals surface area contributed by atoms with E-state index in [4.69, 9.17) is 4.74 Å². The van der Waals surface area contributed by atoms with Crippen molar-refractivity contribution in [3.63, 3.8) is 0 Å². The number of β-amino-alcohol motifs (C(OH)–C–C–N with tert-alkyl or cyclic N) is 1. The fourth-order valence-electron chi connectivity index (χ4n) is 3.71. The standard InChI is InChI=1S/C18H27N3O3.2ClH/c1-18(2)12-20(17(23)16-10-14(22)11-19-16)8-9-21(18)13-4-6-15(24-3)7-5-13;;/h4-7,14,16,19,22H,8-12H2,1-3H3;2*1H/t14-,16+;;/m1../s1. The molecule has 0 spiro atoms. The Hall–Kier alpha value is -1.21. The van der Waals surface area contributed by atoms with E-state index in [2.05, 4.69) is 36.2 Å². The number of carbonyl (C=O) groups is 1. The number of aliphatic hydroxyl groups excluding tert-OH is 1. The SMILES string of the molecule is COc1ccc(N2CCN(C(=O)[C@@H]3C[C@@H](O)CN3)CC2(C)C)cc1.Cl.Cl. The van der Waals surface area contributed by atoms with Crippen molar-refractivity contribution in [1.82, 2.24) is 10.2 Å². The van der Waals surface area contributed by atoms with Crippen molar-refractivity contribution in [1.29, 1.82) is 0 Å². The number of piperazine rings is 1. The number of hydrogen-bond donors (Lipinski definition) is 2. The molecule has 0 bridgehead atoms. The molecule has 2 aliphatic heterocycles. The fourth-order valence-corrected chi connectivity index (χ4v) is 3.71. The Kier molecular flexibility index (Phi) is 8.02. The van der Waals surface area contributed by atoms with Crippen molar-refractivity contribution in [3.05, 3.63) is 24.3 Å². The molecular formula is C18H29Cl2N3O3. The van der Waals surface area contributed by atoms with Crippen LogP contribution >= 0.6 is 24.8 Å². The fraction of sp³-hybridized carbons (Fsp3) is 0.611. The molecule has 2 saturated heterocycles. The molecule has 3 rings (SSSR count). The van der Waals surface area contributed by atoms with E-state index in [-0.39, 0.29) is 42.3 Å². The molecule has 2 aliphatic rings. The monoisotopic (exact) mass is 405 g/mol. The zero-order valence-corrected chi connectivity index (χ0v) is 17.1. The predicted molar refractivity (Wildman–Crippen MR) is 108 cm³/mol. The lowest BCUT2D eigenvalue weighted by Gasteiger charge is -2.49. The Morgan fingerprint density at radius 1 is 1.23 bits per heavy atom. The minimum absolute atomic E-state index is 0. The van der Waals surface area contributed by atoms with Crippen LogP contribution in [-0.2, 0) is 4.79 Å². The first-order valence-electron chi connectivity index (χ1n) is 8.52. The number of hydrogen-bond acceptors (Lipinski definition) is 5. The quantitative estimate of drug-likeness (QED) is 0.800. The average molecular weight is 406 g/mol. The van der Waals surface area contributed by atoms with E-state index in [0.717, 1.165) is 18.0 Å². The van der Waals surface area contributed by atoms with Gasteiger partial charge in [-0.3, -0.25) is 4.79 Å². The molecule has 2 atom stereocenters. The van der Waals surface area contributed by atoms with Gasteiger partial charge in [-0.1, -0.05) is 0 Å². The van der Waals surface area contributed by atoms with Crippen LogP contribution in [0.4, 0.5) is 5.69 Å². The second kappa shape index (κ2) is 9.13. The third kappa shape index (κ3) is 4.74. The first-order chi connectivity index (χ1) is 11.4. The molecule has 26 heavy (non-hydrogen) atoms. The molecule has 2 heterocycles. The highest BCUT2D eigenvalue weighted by Gasteiger charge is 2.39. The molecule has 2 fully saturated rings. The summed E-state index contributed by atoms with van der Waals surface area (Å²) in [5.41, 5.74) is 0.988. The van der Waals surface area contributed by atoms with Gasteiger partial charge < -0.3 is 25.0 Å². The zero-order valence-electron chi connectivity index (χ0n) is 15.5. The van der Waals surface area contributed by atoms with E-state index in [1.807, 2.05) is 17.0 Å². The van der Waals surface area contributed by atoms with Crippen molar-refractivity contribution in [2.45, 2.75) is 38.0 Å². The van der Waals surface area contributed by atoms with Crippen LogP contribution in [0, 0.1) is 0 Å². The lowest BCUT2D eigenvalue weighted by Crippen LogP contribution is -2.62. The third-order valence-electron chi connectivity index (χ3n) is 5.00. The number of nitrogens with one attached hydrogen (secondary N) is 1. The van der Waals surface area contributed by atoms with Crippen molar-refractivity contribution in [2.75, 3.05) is 38.2 Å². The number of benzene rings is 1. The number of anilines is 1. The highest BCUT2D eigenvalue weighted by molar-refractivity contribution is 5.85. The van der Waals surface area contributed by atoms with E-state index in [1.165, 1.54) is 0 Å². The molecule has 0 aromatic heterocycles. The summed E-state index contributed by atoms with van der Waals surface area (Å²) in [6.45, 7) is 6.99. The number of nitrogens with zero attached hydrogens (tertiary/aromatic N) is 2. The Labute approximate surface area is 167 Å². The van der Waals surface area contributed by atoms with Gasteiger partial charge in [-0.2, -0.15) is 0 Å². The van der Waals surface area contributed by atoms with Crippen LogP contribution < -0.4 is 15.0 Å². The summed E-state index contributed by atoms with van der Waals surface area (Å²) in [7, 11) is 1.66. The zero-order chi connectivity index (χ0) is 17.3. The van der Waals surface area contributed by atoms with Gasteiger partial charge in [0.15, 0.2) is 0 Å². The molecule has 0 saturated carbocycles. The normalized spacial score (nSPS) is 24.5. The molecule has 1 aromatic rings. The maximum absolute atomic E-state index is 12.7. The number of ether oxygens (including phenoxy) is 1. The lowest BCUT2D eigenvalue weighted by molar-refractivity contribution is -0.134. The van der Waals surface area contributed by atoms with Gasteiger partial charge in [-0.15, -0.1) is 24.8 Å². The van der Waals surface area contributed by atoms with Gasteiger partial charge in [0, 0.05) is 31.9 Å². The number of halogens is 2. The van der Waals surface area contributed by atoms with Crippen LogP contribution in [0.2, 0.25) is 0 Å². The summed E-state index contributed by atoms with van der Waals surface area (Å²) in [5, 5.41) is 12.7. The molecule has 1 aromatic carbocycles. The van der Waals surface area contributed by atoms with Crippen LogP contribution in [0.1, 0.15) is 20.3 Å². The van der Waals surface area contributed by atoms with Gasteiger partial charge in [0.1, 0.15) is 5.75 Å². The van der Waals surface area contributed by atoms with Gasteiger partial charge in [0.25, 0.3) is 0 Å². The number of aliphatic hydroxyl groups is 1. The van der Waals surface area contributed by atoms with Gasteiger partial charge >= 0.3 is 0 Å². The van der Waals surface area contributed by atoms with Crippen LogP contribution in [0.15, 0.2) is 24.3 Å². The smallest absolute Gasteiger partial charge is 0.239 e. The third-order valence-corrected chi connectivity index (χ3v) is 5.00. The second-order valence-corrected chi connectivity index (χ2v) is 7.27. The number of methoxy groups -OCH3 is 1. The van der Waals surface area contributed by atoms with E-state index in [1.54, 1.807) is 7.11 Å².